The second kappa shape index (κ2) is 6.65. The molecule has 19 heavy (non-hydrogen) atoms. The van der Waals surface area contributed by atoms with Crippen molar-refractivity contribution >= 4 is 21.7 Å². The fourth-order valence-corrected chi connectivity index (χ4v) is 2.27. The second-order valence-corrected chi connectivity index (χ2v) is 5.40. The summed E-state index contributed by atoms with van der Waals surface area (Å²) in [6, 6.07) is 12.3. The summed E-state index contributed by atoms with van der Waals surface area (Å²) in [5.74, 6) is 6.17. The van der Waals surface area contributed by atoms with Crippen LogP contribution < -0.4 is 17.0 Å². The van der Waals surface area contributed by atoms with Crippen molar-refractivity contribution < 1.29 is 0 Å². The summed E-state index contributed by atoms with van der Waals surface area (Å²) in [6.07, 6.45) is 3.41. The highest BCUT2D eigenvalue weighted by Crippen LogP contribution is 2.14. The molecule has 4 nitrogen and oxygen atoms in total. The Morgan fingerprint density at radius 3 is 2.42 bits per heavy atom. The van der Waals surface area contributed by atoms with Gasteiger partial charge in [-0.25, -0.2) is 4.98 Å². The molecule has 2 aromatic rings. The normalized spacial score (nSPS) is 12.3. The summed E-state index contributed by atoms with van der Waals surface area (Å²) >= 11 is 3.43. The number of nitrogens with one attached hydrogen (secondary N) is 1. The molecule has 1 heterocycles. The molecule has 0 aliphatic rings. The van der Waals surface area contributed by atoms with Crippen LogP contribution in [0, 0.1) is 0 Å². The Morgan fingerprint density at radius 1 is 1.11 bits per heavy atom. The van der Waals surface area contributed by atoms with Crippen LogP contribution in [0.1, 0.15) is 11.1 Å². The molecule has 1 unspecified atom stereocenters. The van der Waals surface area contributed by atoms with Crippen molar-refractivity contribution in [1.29, 1.82) is 0 Å². The van der Waals surface area contributed by atoms with E-state index in [1.54, 1.807) is 6.20 Å². The maximum absolute atomic E-state index is 5.68. The van der Waals surface area contributed by atoms with Gasteiger partial charge in [0.05, 0.1) is 0 Å². The maximum atomic E-state index is 5.68. The number of hydrogen-bond donors (Lipinski definition) is 3. The van der Waals surface area contributed by atoms with Crippen molar-refractivity contribution in [2.75, 3.05) is 5.73 Å². The monoisotopic (exact) mass is 320 g/mol. The molecule has 0 bridgehead atoms. The molecule has 0 aliphatic heterocycles. The summed E-state index contributed by atoms with van der Waals surface area (Å²) < 4.78 is 1.08. The van der Waals surface area contributed by atoms with E-state index < -0.39 is 0 Å². The zero-order valence-electron chi connectivity index (χ0n) is 10.5. The van der Waals surface area contributed by atoms with Gasteiger partial charge in [0.2, 0.25) is 0 Å². The van der Waals surface area contributed by atoms with Crippen LogP contribution in [0.5, 0.6) is 0 Å². The third-order valence-corrected chi connectivity index (χ3v) is 3.49. The topological polar surface area (TPSA) is 77.0 Å². The Balaban J connectivity index is 2.02. The van der Waals surface area contributed by atoms with Crippen molar-refractivity contribution in [3.63, 3.8) is 0 Å². The van der Waals surface area contributed by atoms with Crippen LogP contribution in [0.3, 0.4) is 0 Å². The van der Waals surface area contributed by atoms with Gasteiger partial charge in [-0.2, -0.15) is 0 Å². The van der Waals surface area contributed by atoms with Gasteiger partial charge < -0.3 is 5.73 Å². The van der Waals surface area contributed by atoms with Gasteiger partial charge in [0.25, 0.3) is 0 Å². The number of hydrazine groups is 1. The van der Waals surface area contributed by atoms with E-state index in [2.05, 4.69) is 38.5 Å². The van der Waals surface area contributed by atoms with Crippen LogP contribution >= 0.6 is 15.9 Å². The van der Waals surface area contributed by atoms with Gasteiger partial charge in [0.1, 0.15) is 5.82 Å². The number of hydrogen-bond acceptors (Lipinski definition) is 4. The molecule has 0 saturated heterocycles. The van der Waals surface area contributed by atoms with E-state index in [9.17, 15) is 0 Å². The summed E-state index contributed by atoms with van der Waals surface area (Å²) in [4.78, 5) is 3.99. The zero-order chi connectivity index (χ0) is 13.7. The Hall–Kier alpha value is -1.43. The zero-order valence-corrected chi connectivity index (χ0v) is 12.1. The fraction of sp³-hybridized carbons (Fsp3) is 0.214. The highest BCUT2D eigenvalue weighted by molar-refractivity contribution is 9.10. The molecule has 100 valence electrons. The van der Waals surface area contributed by atoms with Crippen molar-refractivity contribution in [2.24, 2.45) is 5.84 Å². The quantitative estimate of drug-likeness (QED) is 0.582. The number of nitrogens with two attached hydrogens (primary N) is 2. The first-order valence-electron chi connectivity index (χ1n) is 6.08. The van der Waals surface area contributed by atoms with Crippen molar-refractivity contribution in [1.82, 2.24) is 10.4 Å². The third kappa shape index (κ3) is 4.31. The minimum Gasteiger partial charge on any atom is -0.384 e. The number of benzene rings is 1. The molecule has 0 amide bonds. The summed E-state index contributed by atoms with van der Waals surface area (Å²) in [5, 5.41) is 0. The standard InChI is InChI=1S/C14H17BrN4/c15-12-3-1-10(2-4-12)7-13(19-17)8-11-5-6-18-14(16)9-11/h1-6,9,13,19H,7-8,17H2,(H2,16,18). The van der Waals surface area contributed by atoms with Crippen molar-refractivity contribution in [3.8, 4) is 0 Å². The van der Waals surface area contributed by atoms with E-state index in [-0.39, 0.29) is 6.04 Å². The highest BCUT2D eigenvalue weighted by atomic mass is 79.9. The molecule has 5 heteroatoms. The van der Waals surface area contributed by atoms with Gasteiger partial charge in [-0.3, -0.25) is 11.3 Å². The molecule has 0 aliphatic carbocycles. The average molecular weight is 321 g/mol. The minimum absolute atomic E-state index is 0.169. The molecule has 0 saturated carbocycles. The van der Waals surface area contributed by atoms with Gasteiger partial charge in [-0.1, -0.05) is 28.1 Å². The lowest BCUT2D eigenvalue weighted by atomic mass is 10.00. The third-order valence-electron chi connectivity index (χ3n) is 2.96. The van der Waals surface area contributed by atoms with E-state index in [1.807, 2.05) is 24.3 Å². The molecule has 5 N–H and O–H groups in total. The Bertz CT molecular complexity index is 527. The molecular weight excluding hydrogens is 304 g/mol. The number of nitrogen functional groups attached to an aromatic ring is 1. The van der Waals surface area contributed by atoms with Gasteiger partial charge >= 0.3 is 0 Å². The molecular formula is C14H17BrN4. The number of pyridine rings is 1. The van der Waals surface area contributed by atoms with E-state index in [0.717, 1.165) is 22.9 Å². The van der Waals surface area contributed by atoms with Crippen LogP contribution in [0.15, 0.2) is 47.1 Å². The van der Waals surface area contributed by atoms with Crippen molar-refractivity contribution in [3.05, 3.63) is 58.2 Å². The lowest BCUT2D eigenvalue weighted by Crippen LogP contribution is -2.38. The Kier molecular flexibility index (Phi) is 4.90. The van der Waals surface area contributed by atoms with E-state index in [1.165, 1.54) is 5.56 Å². The van der Waals surface area contributed by atoms with Crippen LogP contribution in [-0.2, 0) is 12.8 Å². The van der Waals surface area contributed by atoms with E-state index in [0.29, 0.717) is 5.82 Å². The molecule has 0 fully saturated rings. The first-order valence-corrected chi connectivity index (χ1v) is 6.87. The van der Waals surface area contributed by atoms with Crippen LogP contribution in [0.4, 0.5) is 5.82 Å². The number of nitrogens with zero attached hydrogens (tertiary/aromatic N) is 1. The largest absolute Gasteiger partial charge is 0.384 e. The average Bonchev–Trinajstić information content (AvgIpc) is 2.40. The lowest BCUT2D eigenvalue weighted by Gasteiger charge is -2.16. The molecule has 0 radical (unpaired) electrons. The SMILES string of the molecule is NNC(Cc1ccc(Br)cc1)Cc1ccnc(N)c1. The van der Waals surface area contributed by atoms with Gasteiger partial charge in [-0.15, -0.1) is 0 Å². The lowest BCUT2D eigenvalue weighted by molar-refractivity contribution is 0.522. The number of aromatic nitrogens is 1. The maximum Gasteiger partial charge on any atom is 0.123 e. The number of halogens is 1. The first-order chi connectivity index (χ1) is 9.17. The van der Waals surface area contributed by atoms with Gasteiger partial charge in [0.15, 0.2) is 0 Å². The van der Waals surface area contributed by atoms with Gasteiger partial charge in [0, 0.05) is 16.7 Å². The number of anilines is 1. The molecule has 2 rings (SSSR count). The van der Waals surface area contributed by atoms with Crippen LogP contribution in [-0.4, -0.2) is 11.0 Å². The van der Waals surface area contributed by atoms with Gasteiger partial charge in [-0.05, 0) is 48.2 Å². The predicted molar refractivity (Wildman–Crippen MR) is 81.3 cm³/mol. The van der Waals surface area contributed by atoms with Crippen molar-refractivity contribution in [2.45, 2.75) is 18.9 Å². The second-order valence-electron chi connectivity index (χ2n) is 4.49. The summed E-state index contributed by atoms with van der Waals surface area (Å²) in [7, 11) is 0. The molecule has 0 spiro atoms. The predicted octanol–water partition coefficient (Wildman–Crippen LogP) is 2.04. The smallest absolute Gasteiger partial charge is 0.123 e. The molecule has 1 atom stereocenters. The minimum atomic E-state index is 0.169. The summed E-state index contributed by atoms with van der Waals surface area (Å²) in [5.41, 5.74) is 10.9. The van der Waals surface area contributed by atoms with E-state index >= 15 is 0 Å². The molecule has 1 aromatic carbocycles. The Morgan fingerprint density at radius 2 is 1.79 bits per heavy atom. The van der Waals surface area contributed by atoms with Crippen LogP contribution in [0.2, 0.25) is 0 Å². The highest BCUT2D eigenvalue weighted by Gasteiger charge is 2.09. The fourth-order valence-electron chi connectivity index (χ4n) is 2.00. The first kappa shape index (κ1) is 14.0. The van der Waals surface area contributed by atoms with E-state index in [4.69, 9.17) is 11.6 Å². The molecule has 1 aromatic heterocycles. The Labute approximate surface area is 121 Å². The van der Waals surface area contributed by atoms with Crippen LogP contribution in [0.25, 0.3) is 0 Å². The summed E-state index contributed by atoms with van der Waals surface area (Å²) in [6.45, 7) is 0. The number of rotatable bonds is 5.